The van der Waals surface area contributed by atoms with E-state index in [9.17, 15) is 4.79 Å². The predicted octanol–water partition coefficient (Wildman–Crippen LogP) is 6.83. The first-order chi connectivity index (χ1) is 17.7. The van der Waals surface area contributed by atoms with E-state index in [-0.39, 0.29) is 12.1 Å². The molecule has 0 aromatic heterocycles. The minimum absolute atomic E-state index is 0.181. The first-order valence-corrected chi connectivity index (χ1v) is 13.6. The van der Waals surface area contributed by atoms with Crippen LogP contribution in [0.4, 0.5) is 4.79 Å². The summed E-state index contributed by atoms with van der Waals surface area (Å²) >= 11 is 0. The first kappa shape index (κ1) is 27.9. The van der Waals surface area contributed by atoms with Gasteiger partial charge in [-0.15, -0.1) is 6.58 Å². The van der Waals surface area contributed by atoms with Gasteiger partial charge in [-0.05, 0) is 63.2 Å². The Hall–Kier alpha value is -2.63. The van der Waals surface area contributed by atoms with Crippen LogP contribution in [0, 0.1) is 0 Å². The molecule has 0 unspecified atom stereocenters. The van der Waals surface area contributed by atoms with Crippen LogP contribution in [-0.4, -0.2) is 54.8 Å². The van der Waals surface area contributed by atoms with Gasteiger partial charge in [0.05, 0.1) is 6.10 Å². The van der Waals surface area contributed by atoms with Crippen LogP contribution >= 0.6 is 0 Å². The predicted molar refractivity (Wildman–Crippen MR) is 147 cm³/mol. The number of rotatable bonds is 15. The van der Waals surface area contributed by atoms with E-state index >= 15 is 0 Å². The first-order valence-electron chi connectivity index (χ1n) is 13.6. The van der Waals surface area contributed by atoms with Crippen molar-refractivity contribution in [2.75, 3.05) is 26.7 Å². The van der Waals surface area contributed by atoms with Crippen LogP contribution in [-0.2, 0) is 22.6 Å². The van der Waals surface area contributed by atoms with Crippen molar-refractivity contribution in [1.82, 2.24) is 9.80 Å². The van der Waals surface area contributed by atoms with Gasteiger partial charge in [-0.2, -0.15) is 0 Å². The van der Waals surface area contributed by atoms with Gasteiger partial charge in [0, 0.05) is 25.7 Å². The fraction of sp³-hybridized carbons (Fsp3) is 0.516. The maximum atomic E-state index is 13.1. The molecule has 1 fully saturated rings. The van der Waals surface area contributed by atoms with Crippen molar-refractivity contribution in [2.24, 2.45) is 0 Å². The zero-order valence-electron chi connectivity index (χ0n) is 22.0. The highest BCUT2D eigenvalue weighted by Crippen LogP contribution is 2.27. The van der Waals surface area contributed by atoms with Gasteiger partial charge in [-0.25, -0.2) is 4.79 Å². The number of hydrogen-bond acceptors (Lipinski definition) is 4. The van der Waals surface area contributed by atoms with Crippen molar-refractivity contribution in [3.8, 4) is 0 Å². The molecule has 0 heterocycles. The van der Waals surface area contributed by atoms with Gasteiger partial charge in [0.1, 0.15) is 6.61 Å². The summed E-state index contributed by atoms with van der Waals surface area (Å²) in [6.07, 6.45) is 10.7. The Bertz CT molecular complexity index is 866. The number of carbonyl (C=O) groups is 1. The molecule has 0 bridgehead atoms. The largest absolute Gasteiger partial charge is 0.445 e. The smallest absolute Gasteiger partial charge is 0.410 e. The summed E-state index contributed by atoms with van der Waals surface area (Å²) < 4.78 is 11.9. The van der Waals surface area contributed by atoms with E-state index in [0.29, 0.717) is 19.3 Å². The number of hydrogen-bond donors (Lipinski definition) is 0. The van der Waals surface area contributed by atoms with Gasteiger partial charge >= 0.3 is 6.09 Å². The fourth-order valence-electron chi connectivity index (χ4n) is 4.85. The van der Waals surface area contributed by atoms with Crippen LogP contribution in [0.3, 0.4) is 0 Å². The summed E-state index contributed by atoms with van der Waals surface area (Å²) in [6, 6.07) is 20.2. The summed E-state index contributed by atoms with van der Waals surface area (Å²) in [5.41, 5.74) is 2.13. The molecule has 1 aliphatic rings. The van der Waals surface area contributed by atoms with Crippen molar-refractivity contribution >= 4 is 6.09 Å². The molecule has 5 heteroatoms. The van der Waals surface area contributed by atoms with E-state index in [1.54, 1.807) is 0 Å². The van der Waals surface area contributed by atoms with Gasteiger partial charge in [0.15, 0.2) is 0 Å². The second-order valence-corrected chi connectivity index (χ2v) is 9.92. The summed E-state index contributed by atoms with van der Waals surface area (Å²) in [7, 11) is 2.14. The Morgan fingerprint density at radius 2 is 1.56 bits per heavy atom. The van der Waals surface area contributed by atoms with Crippen molar-refractivity contribution < 1.29 is 14.3 Å². The molecule has 2 aromatic carbocycles. The van der Waals surface area contributed by atoms with Gasteiger partial charge in [-0.3, -0.25) is 0 Å². The van der Waals surface area contributed by atoms with Gasteiger partial charge in [0.2, 0.25) is 0 Å². The Balaban J connectivity index is 1.40. The van der Waals surface area contributed by atoms with E-state index in [2.05, 4.69) is 30.7 Å². The number of benzene rings is 2. The van der Waals surface area contributed by atoms with Crippen LogP contribution in [0.25, 0.3) is 0 Å². The van der Waals surface area contributed by atoms with E-state index in [4.69, 9.17) is 9.47 Å². The van der Waals surface area contributed by atoms with E-state index in [1.165, 1.54) is 19.3 Å². The lowest BCUT2D eigenvalue weighted by Gasteiger charge is -2.36. The standard InChI is InChI=1S/C31H44N2O3/c1-3-22-32(2)23-12-4-5-13-24-35-30-20-18-29(19-21-30)33(25-27-14-8-6-9-15-27)31(34)36-26-28-16-10-7-11-17-28/h3,6-11,14-17,29-30H,1,4-5,12-13,18-26H2,2H3/t29-,30-. The lowest BCUT2D eigenvalue weighted by molar-refractivity contribution is 0.00195. The molecular formula is C31H44N2O3. The summed E-state index contributed by atoms with van der Waals surface area (Å²) in [5.74, 6) is 0. The van der Waals surface area contributed by atoms with E-state index in [0.717, 1.165) is 62.9 Å². The lowest BCUT2D eigenvalue weighted by atomic mass is 9.91. The minimum atomic E-state index is -0.231. The molecule has 1 saturated carbocycles. The molecule has 2 aromatic rings. The molecule has 0 N–H and O–H groups in total. The minimum Gasteiger partial charge on any atom is -0.445 e. The molecule has 0 atom stereocenters. The quantitative estimate of drug-likeness (QED) is 0.202. The normalized spacial score (nSPS) is 17.6. The molecular weight excluding hydrogens is 448 g/mol. The number of amides is 1. The third-order valence-electron chi connectivity index (χ3n) is 6.95. The second-order valence-electron chi connectivity index (χ2n) is 9.92. The molecule has 5 nitrogen and oxygen atoms in total. The second kappa shape index (κ2) is 16.2. The maximum Gasteiger partial charge on any atom is 0.410 e. The average Bonchev–Trinajstić information content (AvgIpc) is 2.91. The van der Waals surface area contributed by atoms with Crippen molar-refractivity contribution in [3.63, 3.8) is 0 Å². The summed E-state index contributed by atoms with van der Waals surface area (Å²) in [6.45, 7) is 7.59. The molecule has 0 spiro atoms. The Morgan fingerprint density at radius 1 is 0.917 bits per heavy atom. The van der Waals surface area contributed by atoms with Crippen LogP contribution in [0.2, 0.25) is 0 Å². The molecule has 0 radical (unpaired) electrons. The molecule has 36 heavy (non-hydrogen) atoms. The highest BCUT2D eigenvalue weighted by Gasteiger charge is 2.30. The van der Waals surface area contributed by atoms with E-state index in [1.807, 2.05) is 59.5 Å². The van der Waals surface area contributed by atoms with Gasteiger partial charge in [0.25, 0.3) is 0 Å². The number of ether oxygens (including phenoxy) is 2. The van der Waals surface area contributed by atoms with E-state index < -0.39 is 0 Å². The third-order valence-corrected chi connectivity index (χ3v) is 6.95. The number of nitrogens with zero attached hydrogens (tertiary/aromatic N) is 2. The maximum absolute atomic E-state index is 13.1. The number of carbonyl (C=O) groups excluding carboxylic acids is 1. The summed E-state index contributed by atoms with van der Waals surface area (Å²) in [4.78, 5) is 17.4. The van der Waals surface area contributed by atoms with Gasteiger partial charge in [-0.1, -0.05) is 79.6 Å². The monoisotopic (exact) mass is 492 g/mol. The third kappa shape index (κ3) is 10.2. The zero-order chi connectivity index (χ0) is 25.4. The Labute approximate surface area is 218 Å². The Morgan fingerprint density at radius 3 is 2.22 bits per heavy atom. The fourth-order valence-corrected chi connectivity index (χ4v) is 4.85. The van der Waals surface area contributed by atoms with Crippen LogP contribution in [0.15, 0.2) is 73.3 Å². The van der Waals surface area contributed by atoms with Crippen LogP contribution in [0.5, 0.6) is 0 Å². The molecule has 0 aliphatic heterocycles. The molecule has 0 saturated heterocycles. The zero-order valence-corrected chi connectivity index (χ0v) is 22.0. The van der Waals surface area contributed by atoms with Crippen molar-refractivity contribution in [1.29, 1.82) is 0 Å². The highest BCUT2D eigenvalue weighted by atomic mass is 16.6. The number of unbranched alkanes of at least 4 members (excludes halogenated alkanes) is 3. The summed E-state index contributed by atoms with van der Waals surface area (Å²) in [5, 5.41) is 0. The molecule has 1 aliphatic carbocycles. The lowest BCUT2D eigenvalue weighted by Crippen LogP contribution is -2.43. The van der Waals surface area contributed by atoms with Gasteiger partial charge < -0.3 is 19.3 Å². The average molecular weight is 493 g/mol. The SMILES string of the molecule is C=CCN(C)CCCCCCO[C@H]1CC[C@H](N(Cc2ccccc2)C(=O)OCc2ccccc2)CC1. The van der Waals surface area contributed by atoms with Crippen LogP contribution in [0.1, 0.15) is 62.5 Å². The Kier molecular flexibility index (Phi) is 12.6. The van der Waals surface area contributed by atoms with Crippen LogP contribution < -0.4 is 0 Å². The molecule has 3 rings (SSSR count). The molecule has 1 amide bonds. The highest BCUT2D eigenvalue weighted by molar-refractivity contribution is 5.68. The topological polar surface area (TPSA) is 42.0 Å². The number of likely N-dealkylation sites (N-methyl/N-ethyl adjacent to an activating group) is 1. The van der Waals surface area contributed by atoms with Crippen molar-refractivity contribution in [2.45, 2.75) is 76.7 Å². The molecule has 196 valence electrons. The van der Waals surface area contributed by atoms with Crippen molar-refractivity contribution in [3.05, 3.63) is 84.4 Å².